The zero-order valence-corrected chi connectivity index (χ0v) is 12.5. The van der Waals surface area contributed by atoms with Crippen molar-refractivity contribution in [1.82, 2.24) is 0 Å². The number of carbonyl (C=O) groups is 1. The maximum Gasteiger partial charge on any atom is 0.347 e. The number of phenolic OH excluding ortho intramolecular Hbond substituents is 1. The maximum absolute atomic E-state index is 12.3. The summed E-state index contributed by atoms with van der Waals surface area (Å²) in [5.74, 6) is 0.603. The molecule has 0 aromatic heterocycles. The van der Waals surface area contributed by atoms with Crippen LogP contribution in [0.15, 0.2) is 36.4 Å². The number of methoxy groups -OCH3 is 3. The van der Waals surface area contributed by atoms with Gasteiger partial charge in [-0.3, -0.25) is 0 Å². The number of esters is 1. The van der Waals surface area contributed by atoms with Gasteiger partial charge in [0.25, 0.3) is 0 Å². The van der Waals surface area contributed by atoms with E-state index in [-0.39, 0.29) is 17.1 Å². The standard InChI is InChI=1S/C16H16O6/c1-19-10-4-6-14(20-2)12(8-10)16(18)22-11-5-7-15(21-3)13(17)9-11/h4-9,17H,1-3H3. The Morgan fingerprint density at radius 2 is 1.50 bits per heavy atom. The highest BCUT2D eigenvalue weighted by Crippen LogP contribution is 2.31. The van der Waals surface area contributed by atoms with Gasteiger partial charge in [0.1, 0.15) is 22.8 Å². The number of hydrogen-bond donors (Lipinski definition) is 1. The molecule has 0 aliphatic rings. The lowest BCUT2D eigenvalue weighted by Gasteiger charge is -2.11. The molecule has 0 heterocycles. The first-order valence-electron chi connectivity index (χ1n) is 6.40. The minimum absolute atomic E-state index is 0.120. The third-order valence-corrected chi connectivity index (χ3v) is 2.99. The average Bonchev–Trinajstić information content (AvgIpc) is 2.54. The van der Waals surface area contributed by atoms with Crippen LogP contribution in [0, 0.1) is 0 Å². The van der Waals surface area contributed by atoms with Gasteiger partial charge in [-0.05, 0) is 30.3 Å². The highest BCUT2D eigenvalue weighted by atomic mass is 16.5. The van der Waals surface area contributed by atoms with Crippen LogP contribution in [0.1, 0.15) is 10.4 Å². The zero-order chi connectivity index (χ0) is 16.1. The van der Waals surface area contributed by atoms with E-state index >= 15 is 0 Å². The summed E-state index contributed by atoms with van der Waals surface area (Å²) >= 11 is 0. The van der Waals surface area contributed by atoms with Gasteiger partial charge in [-0.25, -0.2) is 4.79 Å². The van der Waals surface area contributed by atoms with Crippen LogP contribution in [0.4, 0.5) is 0 Å². The van der Waals surface area contributed by atoms with Crippen LogP contribution in [-0.2, 0) is 0 Å². The fourth-order valence-corrected chi connectivity index (χ4v) is 1.87. The summed E-state index contributed by atoms with van der Waals surface area (Å²) in [6.07, 6.45) is 0. The Labute approximate surface area is 127 Å². The van der Waals surface area contributed by atoms with E-state index in [4.69, 9.17) is 18.9 Å². The Bertz CT molecular complexity index is 680. The van der Waals surface area contributed by atoms with Crippen molar-refractivity contribution >= 4 is 5.97 Å². The molecule has 1 N–H and O–H groups in total. The summed E-state index contributed by atoms with van der Waals surface area (Å²) < 4.78 is 20.4. The monoisotopic (exact) mass is 304 g/mol. The Balaban J connectivity index is 2.27. The molecule has 0 fully saturated rings. The lowest BCUT2D eigenvalue weighted by molar-refractivity contribution is 0.0730. The Hall–Kier alpha value is -2.89. The molecule has 0 radical (unpaired) electrons. The summed E-state index contributed by atoms with van der Waals surface area (Å²) in [6.45, 7) is 0. The molecule has 0 amide bonds. The van der Waals surface area contributed by atoms with Crippen LogP contribution >= 0.6 is 0 Å². The maximum atomic E-state index is 12.3. The second-order valence-corrected chi connectivity index (χ2v) is 4.29. The fourth-order valence-electron chi connectivity index (χ4n) is 1.87. The van der Waals surface area contributed by atoms with Crippen LogP contribution in [-0.4, -0.2) is 32.4 Å². The van der Waals surface area contributed by atoms with Gasteiger partial charge in [0, 0.05) is 6.07 Å². The number of rotatable bonds is 5. The first-order valence-corrected chi connectivity index (χ1v) is 6.40. The van der Waals surface area contributed by atoms with Gasteiger partial charge in [0.05, 0.1) is 21.3 Å². The van der Waals surface area contributed by atoms with Crippen molar-refractivity contribution in [3.63, 3.8) is 0 Å². The average molecular weight is 304 g/mol. The second kappa shape index (κ2) is 6.71. The number of hydrogen-bond acceptors (Lipinski definition) is 6. The van der Waals surface area contributed by atoms with Crippen molar-refractivity contribution in [2.24, 2.45) is 0 Å². The van der Waals surface area contributed by atoms with Crippen molar-refractivity contribution in [1.29, 1.82) is 0 Å². The SMILES string of the molecule is COc1ccc(OC)c(C(=O)Oc2ccc(OC)c(O)c2)c1. The van der Waals surface area contributed by atoms with Gasteiger partial charge in [-0.15, -0.1) is 0 Å². The zero-order valence-electron chi connectivity index (χ0n) is 12.5. The summed E-state index contributed by atoms with van der Waals surface area (Å²) in [6, 6.07) is 9.12. The molecule has 2 aromatic rings. The van der Waals surface area contributed by atoms with E-state index < -0.39 is 5.97 Å². The Kier molecular flexibility index (Phi) is 4.73. The number of carbonyl (C=O) groups excluding carboxylic acids is 1. The number of aromatic hydroxyl groups is 1. The van der Waals surface area contributed by atoms with E-state index in [1.54, 1.807) is 12.1 Å². The van der Waals surface area contributed by atoms with E-state index in [1.165, 1.54) is 45.6 Å². The van der Waals surface area contributed by atoms with Crippen LogP contribution in [0.5, 0.6) is 28.7 Å². The first kappa shape index (κ1) is 15.5. The summed E-state index contributed by atoms with van der Waals surface area (Å²) in [7, 11) is 4.39. The van der Waals surface area contributed by atoms with Gasteiger partial charge in [0.2, 0.25) is 0 Å². The lowest BCUT2D eigenvalue weighted by atomic mass is 10.2. The van der Waals surface area contributed by atoms with Gasteiger partial charge in [-0.1, -0.05) is 0 Å². The summed E-state index contributed by atoms with van der Waals surface area (Å²) in [5.41, 5.74) is 0.220. The van der Waals surface area contributed by atoms with Crippen LogP contribution in [0.3, 0.4) is 0 Å². The molecule has 0 saturated carbocycles. The number of phenols is 1. The molecule has 0 spiro atoms. The van der Waals surface area contributed by atoms with E-state index in [0.29, 0.717) is 17.2 Å². The summed E-state index contributed by atoms with van der Waals surface area (Å²) in [4.78, 5) is 12.3. The molecule has 116 valence electrons. The van der Waals surface area contributed by atoms with Gasteiger partial charge >= 0.3 is 5.97 Å². The smallest absolute Gasteiger partial charge is 0.347 e. The third kappa shape index (κ3) is 3.22. The fraction of sp³-hybridized carbons (Fsp3) is 0.188. The molecule has 22 heavy (non-hydrogen) atoms. The van der Waals surface area contributed by atoms with Crippen molar-refractivity contribution in [3.05, 3.63) is 42.0 Å². The molecule has 2 aromatic carbocycles. The predicted molar refractivity (Wildman–Crippen MR) is 79.2 cm³/mol. The molecule has 6 heteroatoms. The molecule has 0 saturated heterocycles. The molecule has 0 bridgehead atoms. The first-order chi connectivity index (χ1) is 10.6. The second-order valence-electron chi connectivity index (χ2n) is 4.29. The Morgan fingerprint density at radius 3 is 2.09 bits per heavy atom. The topological polar surface area (TPSA) is 74.2 Å². The summed E-state index contributed by atoms with van der Waals surface area (Å²) in [5, 5.41) is 9.70. The van der Waals surface area contributed by atoms with E-state index in [1.807, 2.05) is 0 Å². The quantitative estimate of drug-likeness (QED) is 0.676. The molecule has 0 aliphatic carbocycles. The predicted octanol–water partition coefficient (Wildman–Crippen LogP) is 2.64. The van der Waals surface area contributed by atoms with Crippen molar-refractivity contribution in [3.8, 4) is 28.7 Å². The highest BCUT2D eigenvalue weighted by Gasteiger charge is 2.16. The Morgan fingerprint density at radius 1 is 0.864 bits per heavy atom. The van der Waals surface area contributed by atoms with E-state index in [2.05, 4.69) is 0 Å². The van der Waals surface area contributed by atoms with Crippen molar-refractivity contribution in [2.45, 2.75) is 0 Å². The largest absolute Gasteiger partial charge is 0.504 e. The van der Waals surface area contributed by atoms with Gasteiger partial charge in [0.15, 0.2) is 11.5 Å². The molecule has 0 aliphatic heterocycles. The van der Waals surface area contributed by atoms with Crippen molar-refractivity contribution < 1.29 is 28.8 Å². The minimum Gasteiger partial charge on any atom is -0.504 e. The number of ether oxygens (including phenoxy) is 4. The number of benzene rings is 2. The minimum atomic E-state index is -0.625. The van der Waals surface area contributed by atoms with Gasteiger partial charge < -0.3 is 24.1 Å². The van der Waals surface area contributed by atoms with Crippen molar-refractivity contribution in [2.75, 3.05) is 21.3 Å². The van der Waals surface area contributed by atoms with Crippen LogP contribution < -0.4 is 18.9 Å². The third-order valence-electron chi connectivity index (χ3n) is 2.99. The van der Waals surface area contributed by atoms with Crippen LogP contribution in [0.2, 0.25) is 0 Å². The molecular formula is C16H16O6. The molecule has 0 unspecified atom stereocenters. The van der Waals surface area contributed by atoms with Crippen LogP contribution in [0.25, 0.3) is 0 Å². The van der Waals surface area contributed by atoms with E-state index in [0.717, 1.165) is 0 Å². The molecule has 0 atom stereocenters. The molecular weight excluding hydrogens is 288 g/mol. The normalized spacial score (nSPS) is 9.95. The van der Waals surface area contributed by atoms with E-state index in [9.17, 15) is 9.90 Å². The molecule has 2 rings (SSSR count). The lowest BCUT2D eigenvalue weighted by Crippen LogP contribution is -2.10. The molecule has 6 nitrogen and oxygen atoms in total. The van der Waals surface area contributed by atoms with Gasteiger partial charge in [-0.2, -0.15) is 0 Å². The highest BCUT2D eigenvalue weighted by molar-refractivity contribution is 5.94.